The van der Waals surface area contributed by atoms with Gasteiger partial charge in [0.1, 0.15) is 0 Å². The number of rotatable bonds is 8. The maximum atomic E-state index is 11.8. The molecule has 108 valence electrons. The van der Waals surface area contributed by atoms with E-state index in [4.69, 9.17) is 5.73 Å². The lowest BCUT2D eigenvalue weighted by Crippen LogP contribution is -2.42. The van der Waals surface area contributed by atoms with Gasteiger partial charge >= 0.3 is 0 Å². The number of nitrogens with zero attached hydrogens (tertiary/aromatic N) is 1. The summed E-state index contributed by atoms with van der Waals surface area (Å²) >= 11 is 1.60. The number of nitrogens with one attached hydrogen (secondary N) is 1. The van der Waals surface area contributed by atoms with E-state index < -0.39 is 0 Å². The second-order valence-corrected chi connectivity index (χ2v) is 6.43. The van der Waals surface area contributed by atoms with E-state index in [0.717, 1.165) is 44.5 Å². The molecule has 1 unspecified atom stereocenters. The van der Waals surface area contributed by atoms with E-state index in [1.807, 2.05) is 4.90 Å². The standard InChI is InChI=1S/C13H23N3O2S/c14-13(18)11(15-10-3-4-10)5-8-19-9-12(17)16-6-1-2-7-16/h10-11,15H,1-9H2,(H2,14,18). The Hall–Kier alpha value is -0.750. The zero-order chi connectivity index (χ0) is 13.7. The van der Waals surface area contributed by atoms with Crippen LogP contribution in [0.5, 0.6) is 0 Å². The third-order valence-electron chi connectivity index (χ3n) is 3.59. The van der Waals surface area contributed by atoms with E-state index in [2.05, 4.69) is 5.32 Å². The van der Waals surface area contributed by atoms with Crippen molar-refractivity contribution < 1.29 is 9.59 Å². The van der Waals surface area contributed by atoms with Crippen molar-refractivity contribution in [3.05, 3.63) is 0 Å². The molecule has 0 aromatic heterocycles. The third-order valence-corrected chi connectivity index (χ3v) is 4.57. The van der Waals surface area contributed by atoms with Crippen LogP contribution in [0.2, 0.25) is 0 Å². The van der Waals surface area contributed by atoms with Crippen LogP contribution in [0.4, 0.5) is 0 Å². The number of hydrogen-bond acceptors (Lipinski definition) is 4. The Kier molecular flexibility index (Phi) is 5.51. The van der Waals surface area contributed by atoms with Gasteiger partial charge in [0.15, 0.2) is 0 Å². The summed E-state index contributed by atoms with van der Waals surface area (Å²) in [6.07, 6.45) is 5.26. The molecule has 2 fully saturated rings. The molecule has 0 aromatic rings. The fraction of sp³-hybridized carbons (Fsp3) is 0.846. The Bertz CT molecular complexity index is 328. The van der Waals surface area contributed by atoms with Gasteiger partial charge in [0.25, 0.3) is 0 Å². The minimum Gasteiger partial charge on any atom is -0.368 e. The minimum atomic E-state index is -0.279. The van der Waals surface area contributed by atoms with E-state index in [1.54, 1.807) is 11.8 Å². The van der Waals surface area contributed by atoms with Crippen molar-refractivity contribution >= 4 is 23.6 Å². The van der Waals surface area contributed by atoms with Gasteiger partial charge in [-0.25, -0.2) is 0 Å². The van der Waals surface area contributed by atoms with Crippen LogP contribution < -0.4 is 11.1 Å². The van der Waals surface area contributed by atoms with Gasteiger partial charge in [-0.1, -0.05) is 0 Å². The van der Waals surface area contributed by atoms with E-state index in [9.17, 15) is 9.59 Å². The lowest BCUT2D eigenvalue weighted by atomic mass is 10.2. The maximum Gasteiger partial charge on any atom is 0.234 e. The summed E-state index contributed by atoms with van der Waals surface area (Å²) in [5, 5.41) is 3.25. The molecule has 5 nitrogen and oxygen atoms in total. The number of likely N-dealkylation sites (tertiary alicyclic amines) is 1. The van der Waals surface area contributed by atoms with Crippen LogP contribution >= 0.6 is 11.8 Å². The smallest absolute Gasteiger partial charge is 0.234 e. The van der Waals surface area contributed by atoms with Crippen LogP contribution in [0, 0.1) is 0 Å². The minimum absolute atomic E-state index is 0.230. The van der Waals surface area contributed by atoms with E-state index in [1.165, 1.54) is 0 Å². The summed E-state index contributed by atoms with van der Waals surface area (Å²) in [7, 11) is 0. The summed E-state index contributed by atoms with van der Waals surface area (Å²) in [5.41, 5.74) is 5.37. The SMILES string of the molecule is NC(=O)C(CCSCC(=O)N1CCCC1)NC1CC1. The van der Waals surface area contributed by atoms with Gasteiger partial charge in [-0.2, -0.15) is 11.8 Å². The summed E-state index contributed by atoms with van der Waals surface area (Å²) in [5.74, 6) is 1.27. The van der Waals surface area contributed by atoms with Crippen LogP contribution in [-0.4, -0.2) is 53.4 Å². The number of hydrogen-bond donors (Lipinski definition) is 2. The zero-order valence-corrected chi connectivity index (χ0v) is 12.1. The van der Waals surface area contributed by atoms with Crippen molar-refractivity contribution in [1.29, 1.82) is 0 Å². The van der Waals surface area contributed by atoms with Gasteiger partial charge in [-0.3, -0.25) is 9.59 Å². The van der Waals surface area contributed by atoms with Gasteiger partial charge in [0.05, 0.1) is 11.8 Å². The predicted molar refractivity (Wildman–Crippen MR) is 76.9 cm³/mol. The van der Waals surface area contributed by atoms with Crippen LogP contribution in [0.25, 0.3) is 0 Å². The molecule has 2 amide bonds. The number of carbonyl (C=O) groups is 2. The monoisotopic (exact) mass is 285 g/mol. The normalized spacial score (nSPS) is 20.5. The lowest BCUT2D eigenvalue weighted by molar-refractivity contribution is -0.127. The summed E-state index contributed by atoms with van der Waals surface area (Å²) in [6, 6.07) is 0.246. The molecule has 1 atom stereocenters. The molecule has 0 spiro atoms. The molecular weight excluding hydrogens is 262 g/mol. The predicted octanol–water partition coefficient (Wildman–Crippen LogP) is 0.338. The van der Waals surface area contributed by atoms with Gasteiger partial charge in [-0.05, 0) is 37.9 Å². The summed E-state index contributed by atoms with van der Waals surface area (Å²) < 4.78 is 0. The number of thioether (sulfide) groups is 1. The Morgan fingerprint density at radius 2 is 2.00 bits per heavy atom. The molecule has 1 saturated carbocycles. The zero-order valence-electron chi connectivity index (χ0n) is 11.3. The van der Waals surface area contributed by atoms with E-state index in [-0.39, 0.29) is 17.9 Å². The van der Waals surface area contributed by atoms with Crippen LogP contribution in [0.15, 0.2) is 0 Å². The molecule has 0 radical (unpaired) electrons. The van der Waals surface area contributed by atoms with Gasteiger partial charge < -0.3 is 16.0 Å². The van der Waals surface area contributed by atoms with Crippen molar-refractivity contribution in [2.24, 2.45) is 5.73 Å². The molecule has 1 heterocycles. The highest BCUT2D eigenvalue weighted by Gasteiger charge is 2.27. The number of primary amides is 1. The molecule has 3 N–H and O–H groups in total. The Morgan fingerprint density at radius 1 is 1.32 bits per heavy atom. The largest absolute Gasteiger partial charge is 0.368 e. The van der Waals surface area contributed by atoms with E-state index >= 15 is 0 Å². The van der Waals surface area contributed by atoms with Crippen molar-refractivity contribution in [1.82, 2.24) is 10.2 Å². The Balaban J connectivity index is 1.58. The second kappa shape index (κ2) is 7.14. The average molecular weight is 285 g/mol. The second-order valence-electron chi connectivity index (χ2n) is 5.33. The highest BCUT2D eigenvalue weighted by Crippen LogP contribution is 2.20. The molecule has 1 aliphatic heterocycles. The topological polar surface area (TPSA) is 75.4 Å². The Morgan fingerprint density at radius 3 is 2.58 bits per heavy atom. The molecular formula is C13H23N3O2S. The van der Waals surface area contributed by atoms with E-state index in [0.29, 0.717) is 18.2 Å². The first kappa shape index (κ1) is 14.7. The summed E-state index contributed by atoms with van der Waals surface area (Å²) in [6.45, 7) is 1.82. The molecule has 6 heteroatoms. The average Bonchev–Trinajstić information content (AvgIpc) is 3.03. The maximum absolute atomic E-state index is 11.8. The summed E-state index contributed by atoms with van der Waals surface area (Å²) in [4.78, 5) is 25.0. The van der Waals surface area contributed by atoms with Crippen LogP contribution in [0.3, 0.4) is 0 Å². The fourth-order valence-corrected chi connectivity index (χ4v) is 3.16. The highest BCUT2D eigenvalue weighted by molar-refractivity contribution is 7.99. The Labute approximate surface area is 118 Å². The van der Waals surface area contributed by atoms with Gasteiger partial charge in [0.2, 0.25) is 11.8 Å². The van der Waals surface area contributed by atoms with Crippen LogP contribution in [0.1, 0.15) is 32.1 Å². The molecule has 1 saturated heterocycles. The molecule has 0 bridgehead atoms. The van der Waals surface area contributed by atoms with Gasteiger partial charge in [-0.15, -0.1) is 0 Å². The molecule has 19 heavy (non-hydrogen) atoms. The first-order chi connectivity index (χ1) is 9.16. The first-order valence-corrected chi connectivity index (χ1v) is 8.23. The molecule has 2 rings (SSSR count). The van der Waals surface area contributed by atoms with Crippen molar-refractivity contribution in [3.8, 4) is 0 Å². The fourth-order valence-electron chi connectivity index (χ4n) is 2.26. The third kappa shape index (κ3) is 5.03. The molecule has 0 aromatic carbocycles. The van der Waals surface area contributed by atoms with Crippen LogP contribution in [-0.2, 0) is 9.59 Å². The number of nitrogens with two attached hydrogens (primary N) is 1. The quantitative estimate of drug-likeness (QED) is 0.631. The first-order valence-electron chi connectivity index (χ1n) is 7.07. The molecule has 1 aliphatic carbocycles. The molecule has 2 aliphatic rings. The highest BCUT2D eigenvalue weighted by atomic mass is 32.2. The number of amides is 2. The van der Waals surface area contributed by atoms with Crippen molar-refractivity contribution in [2.45, 2.75) is 44.2 Å². The van der Waals surface area contributed by atoms with Crippen molar-refractivity contribution in [2.75, 3.05) is 24.6 Å². The lowest BCUT2D eigenvalue weighted by Gasteiger charge is -2.16. The van der Waals surface area contributed by atoms with Gasteiger partial charge in [0, 0.05) is 19.1 Å². The number of carbonyl (C=O) groups excluding carboxylic acids is 2. The van der Waals surface area contributed by atoms with Crippen molar-refractivity contribution in [3.63, 3.8) is 0 Å².